The summed E-state index contributed by atoms with van der Waals surface area (Å²) >= 11 is 3.16. The molecule has 1 heterocycles. The fourth-order valence-electron chi connectivity index (χ4n) is 1.67. The van der Waals surface area contributed by atoms with Crippen molar-refractivity contribution in [3.63, 3.8) is 0 Å². The summed E-state index contributed by atoms with van der Waals surface area (Å²) in [4.78, 5) is 0. The number of halogens is 2. The van der Waals surface area contributed by atoms with E-state index >= 15 is 0 Å². The second-order valence-corrected chi connectivity index (χ2v) is 4.89. The number of hydrogen-bond acceptors (Lipinski definition) is 3. The van der Waals surface area contributed by atoms with Crippen molar-refractivity contribution < 1.29 is 9.50 Å². The topological polar surface area (TPSA) is 50.9 Å². The Labute approximate surface area is 113 Å². The van der Waals surface area contributed by atoms with E-state index in [-0.39, 0.29) is 12.4 Å². The van der Waals surface area contributed by atoms with Gasteiger partial charge in [-0.1, -0.05) is 5.21 Å². The molecule has 6 heteroatoms. The van der Waals surface area contributed by atoms with Gasteiger partial charge in [0.1, 0.15) is 5.82 Å². The molecule has 0 amide bonds. The van der Waals surface area contributed by atoms with E-state index in [0.29, 0.717) is 17.3 Å². The van der Waals surface area contributed by atoms with Crippen LogP contribution in [0.25, 0.3) is 5.69 Å². The lowest BCUT2D eigenvalue weighted by molar-refractivity contribution is 0.288. The summed E-state index contributed by atoms with van der Waals surface area (Å²) in [7, 11) is 0. The van der Waals surface area contributed by atoms with Gasteiger partial charge in [0, 0.05) is 6.61 Å². The summed E-state index contributed by atoms with van der Waals surface area (Å²) in [5, 5.41) is 16.8. The predicted octanol–water partition coefficient (Wildman–Crippen LogP) is 2.40. The molecule has 96 valence electrons. The van der Waals surface area contributed by atoms with Gasteiger partial charge in [-0.3, -0.25) is 0 Å². The van der Waals surface area contributed by atoms with Gasteiger partial charge in [-0.15, -0.1) is 5.10 Å². The van der Waals surface area contributed by atoms with Crippen LogP contribution in [0.1, 0.15) is 17.7 Å². The zero-order valence-corrected chi connectivity index (χ0v) is 11.5. The molecular weight excluding hydrogens is 301 g/mol. The lowest BCUT2D eigenvalue weighted by Crippen LogP contribution is -1.99. The number of nitrogens with zero attached hydrogens (tertiary/aromatic N) is 3. The van der Waals surface area contributed by atoms with E-state index in [1.807, 2.05) is 6.92 Å². The molecule has 2 aromatic rings. The molecule has 18 heavy (non-hydrogen) atoms. The molecule has 0 saturated carbocycles. The molecule has 1 aromatic carbocycles. The van der Waals surface area contributed by atoms with Gasteiger partial charge in [0.05, 0.1) is 22.1 Å². The Bertz CT molecular complexity index is 556. The first-order chi connectivity index (χ1) is 8.61. The summed E-state index contributed by atoms with van der Waals surface area (Å²) in [5.74, 6) is -0.295. The SMILES string of the molecule is Cc1cc(F)c(Br)cc1-n1cc(CCCO)nn1. The predicted molar refractivity (Wildman–Crippen MR) is 69.2 cm³/mol. The maximum Gasteiger partial charge on any atom is 0.137 e. The van der Waals surface area contributed by atoms with Gasteiger partial charge in [-0.25, -0.2) is 9.07 Å². The maximum absolute atomic E-state index is 13.3. The standard InChI is InChI=1S/C12H13BrFN3O/c1-8-5-11(14)10(13)6-12(8)17-7-9(15-16-17)3-2-4-18/h5-7,18H,2-4H2,1H3. The Morgan fingerprint density at radius 1 is 1.44 bits per heavy atom. The number of hydrogen-bond donors (Lipinski definition) is 1. The van der Waals surface area contributed by atoms with Gasteiger partial charge >= 0.3 is 0 Å². The highest BCUT2D eigenvalue weighted by Gasteiger charge is 2.09. The van der Waals surface area contributed by atoms with Crippen LogP contribution in [0.5, 0.6) is 0 Å². The van der Waals surface area contributed by atoms with Crippen LogP contribution in [0.2, 0.25) is 0 Å². The lowest BCUT2D eigenvalue weighted by Gasteiger charge is -2.06. The van der Waals surface area contributed by atoms with Crippen molar-refractivity contribution in [2.24, 2.45) is 0 Å². The van der Waals surface area contributed by atoms with E-state index < -0.39 is 0 Å². The van der Waals surface area contributed by atoms with Crippen molar-refractivity contribution in [2.75, 3.05) is 6.61 Å². The Morgan fingerprint density at radius 3 is 2.94 bits per heavy atom. The Kier molecular flexibility index (Phi) is 4.08. The zero-order chi connectivity index (χ0) is 13.1. The van der Waals surface area contributed by atoms with Gasteiger partial charge in [0.25, 0.3) is 0 Å². The van der Waals surface area contributed by atoms with Gasteiger partial charge < -0.3 is 5.11 Å². The Hall–Kier alpha value is -1.27. The molecule has 2 rings (SSSR count). The van der Waals surface area contributed by atoms with Crippen LogP contribution in [0, 0.1) is 12.7 Å². The number of aliphatic hydroxyl groups is 1. The van der Waals surface area contributed by atoms with Gasteiger partial charge in [-0.05, 0) is 53.4 Å². The third-order valence-electron chi connectivity index (χ3n) is 2.62. The van der Waals surface area contributed by atoms with Crippen LogP contribution in [0.3, 0.4) is 0 Å². The molecule has 0 aliphatic rings. The molecule has 0 radical (unpaired) electrons. The maximum atomic E-state index is 13.3. The Balaban J connectivity index is 2.31. The average Bonchev–Trinajstić information content (AvgIpc) is 2.79. The van der Waals surface area contributed by atoms with E-state index in [9.17, 15) is 4.39 Å². The van der Waals surface area contributed by atoms with Crippen LogP contribution in [0.4, 0.5) is 4.39 Å². The normalized spacial score (nSPS) is 10.9. The number of benzene rings is 1. The molecular formula is C12H13BrFN3O. The van der Waals surface area contributed by atoms with Crippen molar-refractivity contribution in [1.82, 2.24) is 15.0 Å². The third-order valence-corrected chi connectivity index (χ3v) is 3.23. The molecule has 0 bridgehead atoms. The minimum Gasteiger partial charge on any atom is -0.396 e. The Morgan fingerprint density at radius 2 is 2.22 bits per heavy atom. The monoisotopic (exact) mass is 313 g/mol. The first-order valence-corrected chi connectivity index (χ1v) is 6.39. The van der Waals surface area contributed by atoms with Crippen molar-refractivity contribution in [3.05, 3.63) is 39.9 Å². The van der Waals surface area contributed by atoms with E-state index in [1.54, 1.807) is 16.9 Å². The molecule has 0 saturated heterocycles. The first kappa shape index (κ1) is 13.2. The fourth-order valence-corrected chi connectivity index (χ4v) is 2.00. The van der Waals surface area contributed by atoms with Gasteiger partial charge in [-0.2, -0.15) is 0 Å². The van der Waals surface area contributed by atoms with Crippen LogP contribution < -0.4 is 0 Å². The summed E-state index contributed by atoms with van der Waals surface area (Å²) in [5.41, 5.74) is 2.38. The number of aliphatic hydroxyl groups excluding tert-OH is 1. The summed E-state index contributed by atoms with van der Waals surface area (Å²) in [6, 6.07) is 3.13. The van der Waals surface area contributed by atoms with Crippen LogP contribution >= 0.6 is 15.9 Å². The zero-order valence-electron chi connectivity index (χ0n) is 9.90. The van der Waals surface area contributed by atoms with Gasteiger partial charge in [0.2, 0.25) is 0 Å². The van der Waals surface area contributed by atoms with Gasteiger partial charge in [0.15, 0.2) is 0 Å². The lowest BCUT2D eigenvalue weighted by atomic mass is 10.2. The molecule has 1 N–H and O–H groups in total. The minimum absolute atomic E-state index is 0.133. The number of aromatic nitrogens is 3. The van der Waals surface area contributed by atoms with Crippen molar-refractivity contribution >= 4 is 15.9 Å². The van der Waals surface area contributed by atoms with E-state index in [0.717, 1.165) is 16.9 Å². The largest absolute Gasteiger partial charge is 0.396 e. The highest BCUT2D eigenvalue weighted by atomic mass is 79.9. The highest BCUT2D eigenvalue weighted by Crippen LogP contribution is 2.22. The molecule has 0 atom stereocenters. The molecule has 0 aliphatic carbocycles. The molecule has 4 nitrogen and oxygen atoms in total. The summed E-state index contributed by atoms with van der Waals surface area (Å²) < 4.78 is 15.3. The van der Waals surface area contributed by atoms with Crippen LogP contribution in [0.15, 0.2) is 22.8 Å². The van der Waals surface area contributed by atoms with E-state index in [1.165, 1.54) is 6.07 Å². The number of aryl methyl sites for hydroxylation is 2. The van der Waals surface area contributed by atoms with Crippen LogP contribution in [-0.4, -0.2) is 26.7 Å². The molecule has 0 fully saturated rings. The summed E-state index contributed by atoms with van der Waals surface area (Å²) in [6.07, 6.45) is 3.13. The summed E-state index contributed by atoms with van der Waals surface area (Å²) in [6.45, 7) is 1.95. The second kappa shape index (κ2) is 5.58. The average molecular weight is 314 g/mol. The second-order valence-electron chi connectivity index (χ2n) is 4.03. The van der Waals surface area contributed by atoms with E-state index in [2.05, 4.69) is 26.2 Å². The van der Waals surface area contributed by atoms with E-state index in [4.69, 9.17) is 5.11 Å². The van der Waals surface area contributed by atoms with Crippen molar-refractivity contribution in [2.45, 2.75) is 19.8 Å². The van der Waals surface area contributed by atoms with Crippen molar-refractivity contribution in [3.8, 4) is 5.69 Å². The van der Waals surface area contributed by atoms with Crippen molar-refractivity contribution in [1.29, 1.82) is 0 Å². The molecule has 0 spiro atoms. The third kappa shape index (κ3) is 2.76. The highest BCUT2D eigenvalue weighted by molar-refractivity contribution is 9.10. The minimum atomic E-state index is -0.295. The molecule has 0 unspecified atom stereocenters. The first-order valence-electron chi connectivity index (χ1n) is 5.60. The molecule has 0 aliphatic heterocycles. The smallest absolute Gasteiger partial charge is 0.137 e. The fraction of sp³-hybridized carbons (Fsp3) is 0.333. The quantitative estimate of drug-likeness (QED) is 0.943. The number of rotatable bonds is 4. The molecule has 1 aromatic heterocycles. The van der Waals surface area contributed by atoms with Crippen LogP contribution in [-0.2, 0) is 6.42 Å².